The fourth-order valence-electron chi connectivity index (χ4n) is 4.21. The Labute approximate surface area is 192 Å². The molecule has 0 saturated heterocycles. The smallest absolute Gasteiger partial charge is 0.265 e. The third-order valence-electron chi connectivity index (χ3n) is 5.96. The lowest BCUT2D eigenvalue weighted by Crippen LogP contribution is -2.30. The number of hydrogen-bond acceptors (Lipinski definition) is 5. The summed E-state index contributed by atoms with van der Waals surface area (Å²) in [7, 11) is 0. The van der Waals surface area contributed by atoms with Gasteiger partial charge < -0.3 is 15.2 Å². The van der Waals surface area contributed by atoms with E-state index in [2.05, 4.69) is 27.6 Å². The van der Waals surface area contributed by atoms with Crippen molar-refractivity contribution in [3.63, 3.8) is 0 Å². The highest BCUT2D eigenvalue weighted by molar-refractivity contribution is 5.94. The summed E-state index contributed by atoms with van der Waals surface area (Å²) in [5.74, 6) is 0.269. The van der Waals surface area contributed by atoms with Crippen molar-refractivity contribution in [3.05, 3.63) is 77.4 Å². The molecule has 1 heterocycles. The molecular weight excluding hydrogens is 416 g/mol. The molecule has 1 aliphatic carbocycles. The van der Waals surface area contributed by atoms with Gasteiger partial charge in [-0.2, -0.15) is 0 Å². The summed E-state index contributed by atoms with van der Waals surface area (Å²) in [6.07, 6.45) is 3.10. The number of carbonyl (C=O) groups is 1. The minimum atomic E-state index is -0.731. The number of rotatable bonds is 7. The van der Waals surface area contributed by atoms with Gasteiger partial charge in [-0.3, -0.25) is 4.79 Å². The zero-order valence-corrected chi connectivity index (χ0v) is 18.5. The van der Waals surface area contributed by atoms with Gasteiger partial charge in [0.15, 0.2) is 6.10 Å². The van der Waals surface area contributed by atoms with Crippen LogP contribution in [0.1, 0.15) is 30.0 Å². The molecule has 0 bridgehead atoms. The first-order chi connectivity index (χ1) is 16.1. The maximum Gasteiger partial charge on any atom is 0.265 e. The Balaban J connectivity index is 1.39. The van der Waals surface area contributed by atoms with Gasteiger partial charge in [0, 0.05) is 12.3 Å². The Morgan fingerprint density at radius 3 is 2.58 bits per heavy atom. The summed E-state index contributed by atoms with van der Waals surface area (Å²) >= 11 is 0. The van der Waals surface area contributed by atoms with Crippen LogP contribution in [0.3, 0.4) is 0 Å². The van der Waals surface area contributed by atoms with Crippen molar-refractivity contribution in [3.8, 4) is 11.4 Å². The van der Waals surface area contributed by atoms with Crippen LogP contribution in [0.15, 0.2) is 60.7 Å². The van der Waals surface area contributed by atoms with Gasteiger partial charge in [-0.1, -0.05) is 24.3 Å². The number of aliphatic hydroxyl groups excluding tert-OH is 1. The molecule has 7 heteroatoms. The van der Waals surface area contributed by atoms with Crippen LogP contribution < -0.4 is 10.1 Å². The van der Waals surface area contributed by atoms with Gasteiger partial charge in [0.25, 0.3) is 5.91 Å². The van der Waals surface area contributed by atoms with E-state index in [1.54, 1.807) is 13.0 Å². The number of nitrogens with zero attached hydrogens (tertiary/aromatic N) is 3. The highest BCUT2D eigenvalue weighted by Crippen LogP contribution is 2.27. The maximum atomic E-state index is 12.9. The fraction of sp³-hybridized carbons (Fsp3) is 0.269. The van der Waals surface area contributed by atoms with Crippen LogP contribution in [0.25, 0.3) is 16.7 Å². The number of anilines is 1. The normalized spacial score (nSPS) is 13.6. The molecule has 1 unspecified atom stereocenters. The molecule has 1 amide bonds. The SMILES string of the molecule is CC(Oc1ccc(CCO)cc1-n1nc2ccccc2n1)C(=O)Nc1ccc2c(c1)CCC2. The highest BCUT2D eigenvalue weighted by atomic mass is 16.5. The summed E-state index contributed by atoms with van der Waals surface area (Å²) in [6.45, 7) is 1.76. The average molecular weight is 443 g/mol. The number of nitrogens with one attached hydrogen (secondary N) is 1. The molecule has 3 aromatic carbocycles. The third-order valence-corrected chi connectivity index (χ3v) is 5.96. The van der Waals surface area contributed by atoms with Gasteiger partial charge in [0.1, 0.15) is 22.5 Å². The van der Waals surface area contributed by atoms with E-state index in [9.17, 15) is 9.90 Å². The fourth-order valence-corrected chi connectivity index (χ4v) is 4.21. The lowest BCUT2D eigenvalue weighted by atomic mass is 10.1. The molecule has 1 atom stereocenters. The Morgan fingerprint density at radius 1 is 1.06 bits per heavy atom. The molecule has 1 aliphatic rings. The van der Waals surface area contributed by atoms with Gasteiger partial charge in [-0.25, -0.2) is 0 Å². The van der Waals surface area contributed by atoms with Crippen LogP contribution >= 0.6 is 0 Å². The van der Waals surface area contributed by atoms with Crippen molar-refractivity contribution in [1.82, 2.24) is 15.0 Å². The number of ether oxygens (including phenoxy) is 1. The van der Waals surface area contributed by atoms with Crippen LogP contribution in [0, 0.1) is 0 Å². The zero-order valence-electron chi connectivity index (χ0n) is 18.5. The Morgan fingerprint density at radius 2 is 1.82 bits per heavy atom. The predicted octanol–water partition coefficient (Wildman–Crippen LogP) is 3.85. The summed E-state index contributed by atoms with van der Waals surface area (Å²) < 4.78 is 6.08. The van der Waals surface area contributed by atoms with E-state index in [1.807, 2.05) is 42.5 Å². The van der Waals surface area contributed by atoms with E-state index < -0.39 is 6.10 Å². The van der Waals surface area contributed by atoms with Gasteiger partial charge in [-0.05, 0) is 85.7 Å². The summed E-state index contributed by atoms with van der Waals surface area (Å²) in [5, 5.41) is 21.4. The van der Waals surface area contributed by atoms with Gasteiger partial charge in [0.2, 0.25) is 0 Å². The number of fused-ring (bicyclic) bond motifs is 2. The Kier molecular flexibility index (Phi) is 5.79. The van der Waals surface area contributed by atoms with Crippen LogP contribution in [-0.4, -0.2) is 38.7 Å². The van der Waals surface area contributed by atoms with Crippen molar-refractivity contribution >= 4 is 22.6 Å². The first-order valence-electron chi connectivity index (χ1n) is 11.3. The second kappa shape index (κ2) is 9.03. The minimum absolute atomic E-state index is 0.0355. The number of amides is 1. The summed E-state index contributed by atoms with van der Waals surface area (Å²) in [5.41, 5.74) is 6.53. The van der Waals surface area contributed by atoms with Crippen molar-refractivity contribution in [2.75, 3.05) is 11.9 Å². The number of hydrogen-bond donors (Lipinski definition) is 2. The van der Waals surface area contributed by atoms with E-state index in [0.29, 0.717) is 17.9 Å². The molecule has 7 nitrogen and oxygen atoms in total. The lowest BCUT2D eigenvalue weighted by Gasteiger charge is -2.18. The number of carbonyl (C=O) groups excluding carboxylic acids is 1. The molecule has 5 rings (SSSR count). The van der Waals surface area contributed by atoms with Crippen molar-refractivity contribution in [2.45, 2.75) is 38.7 Å². The zero-order chi connectivity index (χ0) is 22.8. The van der Waals surface area contributed by atoms with Crippen molar-refractivity contribution < 1.29 is 14.6 Å². The Bertz CT molecular complexity index is 1280. The van der Waals surface area contributed by atoms with Crippen LogP contribution in [0.2, 0.25) is 0 Å². The number of benzene rings is 3. The molecule has 4 aromatic rings. The van der Waals surface area contributed by atoms with E-state index in [1.165, 1.54) is 15.9 Å². The molecule has 0 radical (unpaired) electrons. The first-order valence-corrected chi connectivity index (χ1v) is 11.3. The second-order valence-corrected chi connectivity index (χ2v) is 8.34. The minimum Gasteiger partial charge on any atom is -0.479 e. The van der Waals surface area contributed by atoms with Gasteiger partial charge in [-0.15, -0.1) is 15.0 Å². The number of aliphatic hydroxyl groups is 1. The van der Waals surface area contributed by atoms with Crippen LogP contribution in [-0.2, 0) is 24.1 Å². The van der Waals surface area contributed by atoms with E-state index in [0.717, 1.165) is 41.5 Å². The van der Waals surface area contributed by atoms with E-state index in [4.69, 9.17) is 4.74 Å². The molecule has 2 N–H and O–H groups in total. The first kappa shape index (κ1) is 21.2. The topological polar surface area (TPSA) is 89.3 Å². The number of aromatic nitrogens is 3. The maximum absolute atomic E-state index is 12.9. The average Bonchev–Trinajstić information content (AvgIpc) is 3.46. The lowest BCUT2D eigenvalue weighted by molar-refractivity contribution is -0.122. The van der Waals surface area contributed by atoms with Crippen molar-refractivity contribution in [1.29, 1.82) is 0 Å². The van der Waals surface area contributed by atoms with Crippen LogP contribution in [0.4, 0.5) is 5.69 Å². The molecule has 0 aliphatic heterocycles. The largest absolute Gasteiger partial charge is 0.479 e. The monoisotopic (exact) mass is 442 g/mol. The second-order valence-electron chi connectivity index (χ2n) is 8.34. The summed E-state index contributed by atoms with van der Waals surface area (Å²) in [6, 6.07) is 19.3. The number of aryl methyl sites for hydroxylation is 2. The standard InChI is InChI=1S/C26H26N4O3/c1-17(26(32)27-21-11-10-19-5-4-6-20(19)16-21)33-25-12-9-18(13-14-31)15-24(25)30-28-22-7-2-3-8-23(22)29-30/h2-3,7-12,15-17,31H,4-6,13-14H2,1H3,(H,27,32). The summed E-state index contributed by atoms with van der Waals surface area (Å²) in [4.78, 5) is 14.4. The molecule has 33 heavy (non-hydrogen) atoms. The molecule has 168 valence electrons. The third kappa shape index (κ3) is 4.45. The van der Waals surface area contributed by atoms with Gasteiger partial charge >= 0.3 is 0 Å². The van der Waals surface area contributed by atoms with Crippen molar-refractivity contribution in [2.24, 2.45) is 0 Å². The quantitative estimate of drug-likeness (QED) is 0.454. The van der Waals surface area contributed by atoms with Gasteiger partial charge in [0.05, 0.1) is 0 Å². The molecule has 0 saturated carbocycles. The molecule has 1 aromatic heterocycles. The molecule has 0 spiro atoms. The molecule has 0 fully saturated rings. The predicted molar refractivity (Wildman–Crippen MR) is 127 cm³/mol. The molecular formula is C26H26N4O3. The van der Waals surface area contributed by atoms with E-state index in [-0.39, 0.29) is 12.5 Å². The Hall–Kier alpha value is -3.71. The highest BCUT2D eigenvalue weighted by Gasteiger charge is 2.20. The van der Waals surface area contributed by atoms with Crippen LogP contribution in [0.5, 0.6) is 5.75 Å². The van der Waals surface area contributed by atoms with E-state index >= 15 is 0 Å².